The molecule has 0 spiro atoms. The summed E-state index contributed by atoms with van der Waals surface area (Å²) in [6.45, 7) is 1.02. The third kappa shape index (κ3) is 2.53. The van der Waals surface area contributed by atoms with E-state index in [1.807, 2.05) is 12.1 Å². The van der Waals surface area contributed by atoms with Gasteiger partial charge in [0.15, 0.2) is 0 Å². The Morgan fingerprint density at radius 2 is 1.71 bits per heavy atom. The van der Waals surface area contributed by atoms with Crippen LogP contribution in [0.1, 0.15) is 12.8 Å². The third-order valence-corrected chi connectivity index (χ3v) is 4.62. The molecular formula is C10H17NO2S. The molecule has 3 nitrogen and oxygen atoms in total. The lowest BCUT2D eigenvalue weighted by Crippen LogP contribution is -2.23. The maximum Gasteiger partial charge on any atom is 0.0377 e. The van der Waals surface area contributed by atoms with E-state index in [0.29, 0.717) is 17.4 Å². The minimum atomic E-state index is -2.20. The van der Waals surface area contributed by atoms with E-state index in [2.05, 4.69) is 17.0 Å². The molecule has 0 saturated carbocycles. The molecule has 1 aromatic heterocycles. The van der Waals surface area contributed by atoms with Gasteiger partial charge in [-0.25, -0.2) is 0 Å². The zero-order valence-electron chi connectivity index (χ0n) is 8.17. The van der Waals surface area contributed by atoms with Gasteiger partial charge in [0.1, 0.15) is 0 Å². The number of hydrogen-bond donors (Lipinski definition) is 2. The van der Waals surface area contributed by atoms with E-state index in [0.717, 1.165) is 19.4 Å². The molecule has 1 aliphatic heterocycles. The Hall–Kier alpha value is -0.450. The van der Waals surface area contributed by atoms with Gasteiger partial charge in [0.25, 0.3) is 0 Å². The normalized spacial score (nSPS) is 24.7. The summed E-state index contributed by atoms with van der Waals surface area (Å²) in [5.41, 5.74) is 0. The largest absolute Gasteiger partial charge is 0.354 e. The predicted molar refractivity (Wildman–Crippen MR) is 59.7 cm³/mol. The van der Waals surface area contributed by atoms with Crippen molar-refractivity contribution < 1.29 is 9.11 Å². The molecule has 2 N–H and O–H groups in total. The second-order valence-corrected chi connectivity index (χ2v) is 6.45. The van der Waals surface area contributed by atoms with Crippen LogP contribution in [0.4, 0.5) is 0 Å². The summed E-state index contributed by atoms with van der Waals surface area (Å²) in [5.74, 6) is 1.81. The zero-order valence-corrected chi connectivity index (χ0v) is 8.99. The lowest BCUT2D eigenvalue weighted by atomic mass is 10.0. The Balaban J connectivity index is 1.85. The van der Waals surface area contributed by atoms with Crippen molar-refractivity contribution in [3.8, 4) is 0 Å². The quantitative estimate of drug-likeness (QED) is 0.796. The first kappa shape index (κ1) is 10.1. The summed E-state index contributed by atoms with van der Waals surface area (Å²) in [4.78, 5) is 0. The van der Waals surface area contributed by atoms with Gasteiger partial charge in [0.05, 0.1) is 0 Å². The fourth-order valence-corrected chi connectivity index (χ4v) is 3.56. The molecule has 1 aromatic rings. The standard InChI is InChI=1S/C10H17NO2S/c12-14(13)7-3-10(4-8-14)9-11-5-1-2-6-11/h1-2,5-6,10,12-13H,3-4,7-9H2. The van der Waals surface area contributed by atoms with E-state index in [4.69, 9.17) is 0 Å². The van der Waals surface area contributed by atoms with Gasteiger partial charge >= 0.3 is 0 Å². The first-order valence-electron chi connectivity index (χ1n) is 5.00. The van der Waals surface area contributed by atoms with Gasteiger partial charge in [-0.2, -0.15) is 10.6 Å². The van der Waals surface area contributed by atoms with Gasteiger partial charge in [-0.3, -0.25) is 9.11 Å². The first-order chi connectivity index (χ1) is 6.66. The van der Waals surface area contributed by atoms with E-state index < -0.39 is 10.6 Å². The molecule has 2 heterocycles. The van der Waals surface area contributed by atoms with E-state index in [1.54, 1.807) is 0 Å². The van der Waals surface area contributed by atoms with Crippen LogP contribution in [-0.2, 0) is 6.54 Å². The van der Waals surface area contributed by atoms with Crippen molar-refractivity contribution in [2.24, 2.45) is 5.92 Å². The van der Waals surface area contributed by atoms with Crippen LogP contribution < -0.4 is 0 Å². The SMILES string of the molecule is OS1(O)CCC(Cn2cccc2)CC1. The van der Waals surface area contributed by atoms with Crippen molar-refractivity contribution >= 4 is 10.6 Å². The molecule has 0 aromatic carbocycles. The van der Waals surface area contributed by atoms with Gasteiger partial charge in [0.2, 0.25) is 0 Å². The number of rotatable bonds is 2. The molecule has 1 aliphatic rings. The second-order valence-electron chi connectivity index (χ2n) is 4.03. The molecule has 1 fully saturated rings. The average Bonchev–Trinajstić information content (AvgIpc) is 2.61. The van der Waals surface area contributed by atoms with Crippen molar-refractivity contribution in [1.82, 2.24) is 4.57 Å². The number of aromatic nitrogens is 1. The molecule has 1 saturated heterocycles. The molecule has 0 atom stereocenters. The lowest BCUT2D eigenvalue weighted by Gasteiger charge is -2.39. The zero-order chi connectivity index (χ0) is 10.0. The molecule has 14 heavy (non-hydrogen) atoms. The molecule has 4 heteroatoms. The van der Waals surface area contributed by atoms with Gasteiger partial charge in [-0.1, -0.05) is 0 Å². The maximum absolute atomic E-state index is 9.45. The van der Waals surface area contributed by atoms with Gasteiger partial charge in [-0.15, -0.1) is 0 Å². The van der Waals surface area contributed by atoms with Crippen LogP contribution in [0.5, 0.6) is 0 Å². The smallest absolute Gasteiger partial charge is 0.0377 e. The van der Waals surface area contributed by atoms with Gasteiger partial charge in [-0.05, 0) is 30.9 Å². The van der Waals surface area contributed by atoms with Gasteiger partial charge in [0, 0.05) is 30.4 Å². The Kier molecular flexibility index (Phi) is 2.85. The Bertz CT molecular complexity index is 274. The number of hydrogen-bond acceptors (Lipinski definition) is 2. The van der Waals surface area contributed by atoms with Crippen LogP contribution in [0.25, 0.3) is 0 Å². The van der Waals surface area contributed by atoms with E-state index in [-0.39, 0.29) is 0 Å². The molecule has 0 radical (unpaired) electrons. The van der Waals surface area contributed by atoms with E-state index >= 15 is 0 Å². The van der Waals surface area contributed by atoms with Gasteiger partial charge < -0.3 is 4.57 Å². The van der Waals surface area contributed by atoms with Crippen LogP contribution in [0.2, 0.25) is 0 Å². The van der Waals surface area contributed by atoms with Crippen LogP contribution in [-0.4, -0.2) is 25.2 Å². The second kappa shape index (κ2) is 3.96. The summed E-state index contributed by atoms with van der Waals surface area (Å²) in [6.07, 6.45) is 6.01. The minimum Gasteiger partial charge on any atom is -0.354 e. The highest BCUT2D eigenvalue weighted by atomic mass is 32.3. The summed E-state index contributed by atoms with van der Waals surface area (Å²) in [5, 5.41) is 0. The summed E-state index contributed by atoms with van der Waals surface area (Å²) in [7, 11) is -2.20. The highest BCUT2D eigenvalue weighted by molar-refractivity contribution is 8.24. The topological polar surface area (TPSA) is 45.4 Å². The van der Waals surface area contributed by atoms with Crippen molar-refractivity contribution in [3.63, 3.8) is 0 Å². The number of nitrogens with zero attached hydrogens (tertiary/aromatic N) is 1. The van der Waals surface area contributed by atoms with Crippen molar-refractivity contribution in [2.45, 2.75) is 19.4 Å². The van der Waals surface area contributed by atoms with Crippen LogP contribution in [0.15, 0.2) is 24.5 Å². The molecule has 2 rings (SSSR count). The van der Waals surface area contributed by atoms with Crippen molar-refractivity contribution in [1.29, 1.82) is 0 Å². The predicted octanol–water partition coefficient (Wildman–Crippen LogP) is 2.65. The molecule has 80 valence electrons. The fourth-order valence-electron chi connectivity index (χ4n) is 1.93. The average molecular weight is 215 g/mol. The molecule has 0 bridgehead atoms. The Morgan fingerprint density at radius 1 is 1.14 bits per heavy atom. The lowest BCUT2D eigenvalue weighted by molar-refractivity contribution is 0.380. The van der Waals surface area contributed by atoms with E-state index in [9.17, 15) is 9.11 Å². The van der Waals surface area contributed by atoms with Crippen molar-refractivity contribution in [2.75, 3.05) is 11.5 Å². The molecule has 0 unspecified atom stereocenters. The summed E-state index contributed by atoms with van der Waals surface area (Å²) >= 11 is 0. The Morgan fingerprint density at radius 3 is 2.29 bits per heavy atom. The van der Waals surface area contributed by atoms with Crippen molar-refractivity contribution in [3.05, 3.63) is 24.5 Å². The van der Waals surface area contributed by atoms with Crippen LogP contribution >= 0.6 is 10.6 Å². The molecular weight excluding hydrogens is 198 g/mol. The monoisotopic (exact) mass is 215 g/mol. The summed E-state index contributed by atoms with van der Waals surface area (Å²) in [6, 6.07) is 4.05. The van der Waals surface area contributed by atoms with Crippen LogP contribution in [0.3, 0.4) is 0 Å². The van der Waals surface area contributed by atoms with E-state index in [1.165, 1.54) is 0 Å². The minimum absolute atomic E-state index is 0.596. The molecule has 0 amide bonds. The summed E-state index contributed by atoms with van der Waals surface area (Å²) < 4.78 is 21.1. The maximum atomic E-state index is 9.45. The Labute approximate surface area is 86.1 Å². The van der Waals surface area contributed by atoms with Crippen LogP contribution in [0, 0.1) is 5.92 Å². The fraction of sp³-hybridized carbons (Fsp3) is 0.600. The third-order valence-electron chi connectivity index (χ3n) is 2.84. The first-order valence-corrected chi connectivity index (χ1v) is 6.88. The highest BCUT2D eigenvalue weighted by Gasteiger charge is 2.23. The highest BCUT2D eigenvalue weighted by Crippen LogP contribution is 2.45. The molecule has 0 aliphatic carbocycles.